The molecule has 1 aromatic carbocycles. The molecule has 4 heteroatoms. The van der Waals surface area contributed by atoms with Crippen LogP contribution in [0.3, 0.4) is 0 Å². The number of ether oxygens (including phenoxy) is 1. The molecule has 1 aliphatic rings. The quantitative estimate of drug-likeness (QED) is 0.775. The molecule has 1 aliphatic heterocycles. The van der Waals surface area contributed by atoms with Gasteiger partial charge >= 0.3 is 0 Å². The lowest BCUT2D eigenvalue weighted by Crippen LogP contribution is -2.39. The fraction of sp³-hybridized carbons (Fsp3) is 0.625. The summed E-state index contributed by atoms with van der Waals surface area (Å²) in [6.45, 7) is 7.41. The van der Waals surface area contributed by atoms with E-state index in [4.69, 9.17) is 10.5 Å². The van der Waals surface area contributed by atoms with Crippen LogP contribution in [0.2, 0.25) is 0 Å². The second kappa shape index (κ2) is 7.50. The van der Waals surface area contributed by atoms with E-state index in [9.17, 15) is 0 Å². The van der Waals surface area contributed by atoms with Crippen molar-refractivity contribution in [2.24, 2.45) is 0 Å². The van der Waals surface area contributed by atoms with Gasteiger partial charge in [0.2, 0.25) is 0 Å². The van der Waals surface area contributed by atoms with Gasteiger partial charge < -0.3 is 15.4 Å². The highest BCUT2D eigenvalue weighted by molar-refractivity contribution is 5.51. The van der Waals surface area contributed by atoms with Crippen LogP contribution in [-0.2, 0) is 0 Å². The van der Waals surface area contributed by atoms with Gasteiger partial charge in [-0.05, 0) is 45.1 Å². The number of rotatable bonds is 7. The van der Waals surface area contributed by atoms with Crippen LogP contribution in [0.1, 0.15) is 19.8 Å². The number of likely N-dealkylation sites (N-methyl/N-ethyl adjacent to an activating group) is 2. The first-order valence-electron chi connectivity index (χ1n) is 7.60. The summed E-state index contributed by atoms with van der Waals surface area (Å²) in [5, 5.41) is 0. The van der Waals surface area contributed by atoms with Crippen LogP contribution in [0.5, 0.6) is 5.75 Å². The van der Waals surface area contributed by atoms with Crippen molar-refractivity contribution >= 4 is 5.69 Å². The predicted molar refractivity (Wildman–Crippen MR) is 84.1 cm³/mol. The molecule has 0 aromatic heterocycles. The zero-order valence-electron chi connectivity index (χ0n) is 12.7. The Morgan fingerprint density at radius 2 is 2.20 bits per heavy atom. The summed E-state index contributed by atoms with van der Waals surface area (Å²) in [5.41, 5.74) is 6.57. The summed E-state index contributed by atoms with van der Waals surface area (Å²) in [6.07, 6.45) is 2.66. The van der Waals surface area contributed by atoms with Crippen molar-refractivity contribution in [1.82, 2.24) is 9.80 Å². The Hall–Kier alpha value is -1.26. The number of likely N-dealkylation sites (tertiary alicyclic amines) is 1. The standard InChI is InChI=1S/C16H27N3O/c1-3-19-10-6-7-14(19)13-18(2)11-12-20-16-9-5-4-8-15(16)17/h4-5,8-9,14H,3,6-7,10-13,17H2,1-2H3. The molecule has 20 heavy (non-hydrogen) atoms. The van der Waals surface area contributed by atoms with Gasteiger partial charge in [0.15, 0.2) is 0 Å². The number of hydrogen-bond acceptors (Lipinski definition) is 4. The Bertz CT molecular complexity index is 410. The molecular formula is C16H27N3O. The van der Waals surface area contributed by atoms with Crippen LogP contribution < -0.4 is 10.5 Å². The summed E-state index contributed by atoms with van der Waals surface area (Å²) >= 11 is 0. The molecule has 1 aromatic rings. The molecular weight excluding hydrogens is 250 g/mol. The zero-order chi connectivity index (χ0) is 14.4. The van der Waals surface area contributed by atoms with Gasteiger partial charge in [-0.2, -0.15) is 0 Å². The van der Waals surface area contributed by atoms with E-state index in [2.05, 4.69) is 23.8 Å². The Morgan fingerprint density at radius 3 is 2.95 bits per heavy atom. The largest absolute Gasteiger partial charge is 0.490 e. The topological polar surface area (TPSA) is 41.7 Å². The van der Waals surface area contributed by atoms with Gasteiger partial charge in [0.05, 0.1) is 5.69 Å². The number of nitrogen functional groups attached to an aromatic ring is 1. The van der Waals surface area contributed by atoms with E-state index < -0.39 is 0 Å². The maximum Gasteiger partial charge on any atom is 0.142 e. The minimum atomic E-state index is 0.684. The number of nitrogens with two attached hydrogens (primary N) is 1. The molecule has 0 radical (unpaired) electrons. The van der Waals surface area contributed by atoms with E-state index in [0.29, 0.717) is 18.3 Å². The van der Waals surface area contributed by atoms with Gasteiger partial charge in [0, 0.05) is 19.1 Å². The maximum atomic E-state index is 5.86. The summed E-state index contributed by atoms with van der Waals surface area (Å²) in [4.78, 5) is 4.93. The second-order valence-electron chi connectivity index (χ2n) is 5.57. The molecule has 1 heterocycles. The molecule has 0 spiro atoms. The van der Waals surface area contributed by atoms with Gasteiger partial charge in [-0.25, -0.2) is 0 Å². The molecule has 2 N–H and O–H groups in total. The van der Waals surface area contributed by atoms with Crippen molar-refractivity contribution in [2.75, 3.05) is 45.6 Å². The fourth-order valence-corrected chi connectivity index (χ4v) is 2.89. The number of hydrogen-bond donors (Lipinski definition) is 1. The molecule has 2 rings (SSSR count). The van der Waals surface area contributed by atoms with Crippen molar-refractivity contribution in [3.63, 3.8) is 0 Å². The highest BCUT2D eigenvalue weighted by Gasteiger charge is 2.23. The molecule has 1 fully saturated rings. The number of anilines is 1. The first-order chi connectivity index (χ1) is 9.70. The molecule has 1 saturated heterocycles. The van der Waals surface area contributed by atoms with Crippen molar-refractivity contribution in [2.45, 2.75) is 25.8 Å². The first kappa shape index (κ1) is 15.1. The van der Waals surface area contributed by atoms with Gasteiger partial charge in [-0.3, -0.25) is 4.90 Å². The molecule has 0 aliphatic carbocycles. The average Bonchev–Trinajstić information content (AvgIpc) is 2.88. The smallest absolute Gasteiger partial charge is 0.142 e. The number of para-hydroxylation sites is 2. The Labute approximate surface area is 122 Å². The van der Waals surface area contributed by atoms with E-state index >= 15 is 0 Å². The number of nitrogens with zero attached hydrogens (tertiary/aromatic N) is 2. The average molecular weight is 277 g/mol. The third-order valence-corrected chi connectivity index (χ3v) is 4.08. The van der Waals surface area contributed by atoms with E-state index in [0.717, 1.165) is 25.4 Å². The Morgan fingerprint density at radius 1 is 1.40 bits per heavy atom. The second-order valence-corrected chi connectivity index (χ2v) is 5.57. The summed E-state index contributed by atoms with van der Waals surface area (Å²) < 4.78 is 5.74. The summed E-state index contributed by atoms with van der Waals surface area (Å²) in [5.74, 6) is 0.789. The first-order valence-corrected chi connectivity index (χ1v) is 7.60. The zero-order valence-corrected chi connectivity index (χ0v) is 12.7. The van der Waals surface area contributed by atoms with Crippen LogP contribution in [0.25, 0.3) is 0 Å². The monoisotopic (exact) mass is 277 g/mol. The van der Waals surface area contributed by atoms with Crippen molar-refractivity contribution in [3.05, 3.63) is 24.3 Å². The minimum absolute atomic E-state index is 0.684. The highest BCUT2D eigenvalue weighted by Crippen LogP contribution is 2.20. The summed E-state index contributed by atoms with van der Waals surface area (Å²) in [6, 6.07) is 8.38. The molecule has 0 saturated carbocycles. The van der Waals surface area contributed by atoms with E-state index in [1.165, 1.54) is 19.4 Å². The molecule has 112 valence electrons. The van der Waals surface area contributed by atoms with Crippen LogP contribution in [0, 0.1) is 0 Å². The van der Waals surface area contributed by atoms with Gasteiger partial charge in [0.25, 0.3) is 0 Å². The van der Waals surface area contributed by atoms with Gasteiger partial charge in [-0.15, -0.1) is 0 Å². The van der Waals surface area contributed by atoms with Gasteiger partial charge in [0.1, 0.15) is 12.4 Å². The third kappa shape index (κ3) is 4.12. The van der Waals surface area contributed by atoms with Crippen LogP contribution in [-0.4, -0.2) is 55.7 Å². The Kier molecular flexibility index (Phi) is 5.68. The van der Waals surface area contributed by atoms with Gasteiger partial charge in [-0.1, -0.05) is 19.1 Å². The van der Waals surface area contributed by atoms with Crippen molar-refractivity contribution in [3.8, 4) is 5.75 Å². The van der Waals surface area contributed by atoms with E-state index in [-0.39, 0.29) is 0 Å². The molecule has 0 bridgehead atoms. The van der Waals surface area contributed by atoms with Crippen molar-refractivity contribution < 1.29 is 4.74 Å². The lowest BCUT2D eigenvalue weighted by molar-refractivity contribution is 0.177. The molecule has 0 amide bonds. The lowest BCUT2D eigenvalue weighted by atomic mass is 10.2. The Balaban J connectivity index is 1.70. The summed E-state index contributed by atoms with van der Waals surface area (Å²) in [7, 11) is 2.17. The van der Waals surface area contributed by atoms with Crippen LogP contribution in [0.15, 0.2) is 24.3 Å². The van der Waals surface area contributed by atoms with Crippen LogP contribution in [0.4, 0.5) is 5.69 Å². The SMILES string of the molecule is CCN1CCCC1CN(C)CCOc1ccccc1N. The normalized spacial score (nSPS) is 19.6. The van der Waals surface area contributed by atoms with Crippen LogP contribution >= 0.6 is 0 Å². The molecule has 4 nitrogen and oxygen atoms in total. The maximum absolute atomic E-state index is 5.86. The lowest BCUT2D eigenvalue weighted by Gasteiger charge is -2.27. The molecule has 1 unspecified atom stereocenters. The third-order valence-electron chi connectivity index (χ3n) is 4.08. The molecule has 1 atom stereocenters. The van der Waals surface area contributed by atoms with E-state index in [1.54, 1.807) is 0 Å². The minimum Gasteiger partial charge on any atom is -0.490 e. The van der Waals surface area contributed by atoms with E-state index in [1.807, 2.05) is 24.3 Å². The highest BCUT2D eigenvalue weighted by atomic mass is 16.5. The fourth-order valence-electron chi connectivity index (χ4n) is 2.89. The number of benzene rings is 1. The van der Waals surface area contributed by atoms with Crippen molar-refractivity contribution in [1.29, 1.82) is 0 Å². The predicted octanol–water partition coefficient (Wildman–Crippen LogP) is 2.06.